The van der Waals surface area contributed by atoms with Crippen molar-refractivity contribution in [3.63, 3.8) is 0 Å². The van der Waals surface area contributed by atoms with Gasteiger partial charge in [-0.05, 0) is 24.3 Å². The van der Waals surface area contributed by atoms with Crippen LogP contribution in [-0.4, -0.2) is 26.2 Å². The Balaban J connectivity index is 2.06. The summed E-state index contributed by atoms with van der Waals surface area (Å²) in [6.45, 7) is 0. The van der Waals surface area contributed by atoms with Gasteiger partial charge < -0.3 is 9.47 Å². The molecule has 0 spiro atoms. The lowest BCUT2D eigenvalue weighted by Gasteiger charge is -2.08. The number of methoxy groups -OCH3 is 2. The lowest BCUT2D eigenvalue weighted by atomic mass is 10.2. The molecule has 0 aliphatic rings. The first-order chi connectivity index (χ1) is 10.7. The Morgan fingerprint density at radius 1 is 0.682 bits per heavy atom. The van der Waals surface area contributed by atoms with Crippen LogP contribution in [0.4, 0.5) is 0 Å². The summed E-state index contributed by atoms with van der Waals surface area (Å²) in [6, 6.07) is 12.9. The first-order valence-corrected chi connectivity index (χ1v) is 6.36. The average molecular weight is 302 g/mol. The second-order valence-electron chi connectivity index (χ2n) is 4.14. The summed E-state index contributed by atoms with van der Waals surface area (Å²) in [4.78, 5) is 32.9. The second kappa shape index (κ2) is 7.12. The summed E-state index contributed by atoms with van der Waals surface area (Å²) >= 11 is 0. The van der Waals surface area contributed by atoms with E-state index in [0.29, 0.717) is 11.5 Å². The van der Waals surface area contributed by atoms with Crippen molar-refractivity contribution in [2.45, 2.75) is 0 Å². The van der Waals surface area contributed by atoms with Crippen LogP contribution in [0.2, 0.25) is 0 Å². The quantitative estimate of drug-likeness (QED) is 0.638. The van der Waals surface area contributed by atoms with Gasteiger partial charge in [0, 0.05) is 0 Å². The fraction of sp³-hybridized carbons (Fsp3) is 0.125. The molecular formula is C16H14O6. The maximum absolute atomic E-state index is 11.9. The number of carbonyl (C=O) groups is 2. The van der Waals surface area contributed by atoms with Crippen molar-refractivity contribution in [3.05, 3.63) is 59.7 Å². The van der Waals surface area contributed by atoms with Gasteiger partial charge in [0.05, 0.1) is 14.2 Å². The third-order valence-corrected chi connectivity index (χ3v) is 2.85. The molecule has 6 nitrogen and oxygen atoms in total. The minimum absolute atomic E-state index is 0.151. The summed E-state index contributed by atoms with van der Waals surface area (Å²) in [5, 5.41) is 0. The molecule has 0 radical (unpaired) electrons. The molecule has 0 heterocycles. The van der Waals surface area contributed by atoms with Gasteiger partial charge in [0.2, 0.25) is 0 Å². The molecule has 0 saturated carbocycles. The van der Waals surface area contributed by atoms with Crippen molar-refractivity contribution in [1.29, 1.82) is 0 Å². The first-order valence-electron chi connectivity index (χ1n) is 6.36. The van der Waals surface area contributed by atoms with Crippen LogP contribution in [-0.2, 0) is 9.78 Å². The molecule has 0 aliphatic carbocycles. The van der Waals surface area contributed by atoms with E-state index < -0.39 is 11.9 Å². The largest absolute Gasteiger partial charge is 0.496 e. The molecular weight excluding hydrogens is 288 g/mol. The number of hydrogen-bond acceptors (Lipinski definition) is 6. The third kappa shape index (κ3) is 3.35. The summed E-state index contributed by atoms with van der Waals surface area (Å²) < 4.78 is 10.1. The van der Waals surface area contributed by atoms with Crippen LogP contribution in [0.15, 0.2) is 48.5 Å². The van der Waals surface area contributed by atoms with Gasteiger partial charge in [-0.3, -0.25) is 0 Å². The Morgan fingerprint density at radius 2 is 1.05 bits per heavy atom. The number of benzene rings is 2. The Bertz CT molecular complexity index is 620. The summed E-state index contributed by atoms with van der Waals surface area (Å²) in [6.07, 6.45) is 0. The van der Waals surface area contributed by atoms with Gasteiger partial charge in [-0.1, -0.05) is 24.3 Å². The van der Waals surface area contributed by atoms with E-state index in [4.69, 9.17) is 9.47 Å². The number of hydrogen-bond donors (Lipinski definition) is 0. The summed E-state index contributed by atoms with van der Waals surface area (Å²) in [5.74, 6) is -1.02. The van der Waals surface area contributed by atoms with Crippen molar-refractivity contribution in [1.82, 2.24) is 0 Å². The molecule has 0 saturated heterocycles. The highest BCUT2D eigenvalue weighted by molar-refractivity contribution is 5.95. The molecule has 2 aromatic rings. The van der Waals surface area contributed by atoms with Crippen LogP contribution < -0.4 is 9.47 Å². The Morgan fingerprint density at radius 3 is 1.41 bits per heavy atom. The van der Waals surface area contributed by atoms with Crippen LogP contribution >= 0.6 is 0 Å². The Hall–Kier alpha value is -3.02. The zero-order valence-corrected chi connectivity index (χ0v) is 12.1. The predicted octanol–water partition coefficient (Wildman–Crippen LogP) is 2.63. The van der Waals surface area contributed by atoms with E-state index in [0.717, 1.165) is 0 Å². The van der Waals surface area contributed by atoms with Crippen molar-refractivity contribution >= 4 is 11.9 Å². The number of ether oxygens (including phenoxy) is 2. The highest BCUT2D eigenvalue weighted by atomic mass is 17.2. The van der Waals surface area contributed by atoms with Gasteiger partial charge in [0.25, 0.3) is 0 Å². The van der Waals surface area contributed by atoms with Crippen LogP contribution in [0.5, 0.6) is 11.5 Å². The molecule has 0 N–H and O–H groups in total. The molecule has 0 atom stereocenters. The van der Waals surface area contributed by atoms with Crippen LogP contribution in [0, 0.1) is 0 Å². The molecule has 2 aromatic carbocycles. The number of carbonyl (C=O) groups excluding carboxylic acids is 2. The lowest BCUT2D eigenvalue weighted by Crippen LogP contribution is -2.13. The van der Waals surface area contributed by atoms with Crippen LogP contribution in [0.3, 0.4) is 0 Å². The van der Waals surface area contributed by atoms with Gasteiger partial charge in [0.15, 0.2) is 0 Å². The Kier molecular flexibility index (Phi) is 4.98. The fourth-order valence-corrected chi connectivity index (χ4v) is 1.79. The normalized spacial score (nSPS) is 9.73. The van der Waals surface area contributed by atoms with Crippen molar-refractivity contribution in [2.75, 3.05) is 14.2 Å². The highest BCUT2D eigenvalue weighted by Crippen LogP contribution is 2.20. The standard InChI is InChI=1S/C16H14O6/c1-19-13-9-5-3-7-11(13)15(17)21-22-16(18)12-8-4-6-10-14(12)20-2/h3-10H,1-2H3. The summed E-state index contributed by atoms with van der Waals surface area (Å²) in [7, 11) is 2.85. The molecule has 22 heavy (non-hydrogen) atoms. The van der Waals surface area contributed by atoms with Gasteiger partial charge in [-0.25, -0.2) is 19.4 Å². The molecule has 0 aromatic heterocycles. The minimum atomic E-state index is -0.833. The van der Waals surface area contributed by atoms with E-state index in [-0.39, 0.29) is 11.1 Å². The first kappa shape index (κ1) is 15.4. The molecule has 6 heteroatoms. The second-order valence-corrected chi connectivity index (χ2v) is 4.14. The third-order valence-electron chi connectivity index (χ3n) is 2.85. The molecule has 0 amide bonds. The van der Waals surface area contributed by atoms with Crippen LogP contribution in [0.25, 0.3) is 0 Å². The fourth-order valence-electron chi connectivity index (χ4n) is 1.79. The van der Waals surface area contributed by atoms with E-state index in [9.17, 15) is 9.59 Å². The van der Waals surface area contributed by atoms with E-state index in [2.05, 4.69) is 9.78 Å². The minimum Gasteiger partial charge on any atom is -0.496 e. The van der Waals surface area contributed by atoms with E-state index in [1.54, 1.807) is 36.4 Å². The van der Waals surface area contributed by atoms with Crippen molar-refractivity contribution < 1.29 is 28.8 Å². The molecule has 0 aliphatic heterocycles. The van der Waals surface area contributed by atoms with Gasteiger partial charge >= 0.3 is 11.9 Å². The van der Waals surface area contributed by atoms with Crippen LogP contribution in [0.1, 0.15) is 20.7 Å². The number of para-hydroxylation sites is 2. The molecule has 0 fully saturated rings. The van der Waals surface area contributed by atoms with Gasteiger partial charge in [-0.15, -0.1) is 0 Å². The molecule has 2 rings (SSSR count). The van der Waals surface area contributed by atoms with Crippen molar-refractivity contribution in [3.8, 4) is 11.5 Å². The topological polar surface area (TPSA) is 71.1 Å². The SMILES string of the molecule is COc1ccccc1C(=O)OOC(=O)c1ccccc1OC. The maximum Gasteiger partial charge on any atom is 0.390 e. The average Bonchev–Trinajstić information content (AvgIpc) is 2.59. The highest BCUT2D eigenvalue weighted by Gasteiger charge is 2.19. The van der Waals surface area contributed by atoms with Gasteiger partial charge in [0.1, 0.15) is 22.6 Å². The van der Waals surface area contributed by atoms with E-state index in [1.807, 2.05) is 0 Å². The van der Waals surface area contributed by atoms with E-state index >= 15 is 0 Å². The van der Waals surface area contributed by atoms with E-state index in [1.165, 1.54) is 26.4 Å². The van der Waals surface area contributed by atoms with Gasteiger partial charge in [-0.2, -0.15) is 0 Å². The zero-order valence-electron chi connectivity index (χ0n) is 12.1. The molecule has 0 bridgehead atoms. The molecule has 0 unspecified atom stereocenters. The van der Waals surface area contributed by atoms with Crippen molar-refractivity contribution in [2.24, 2.45) is 0 Å². The smallest absolute Gasteiger partial charge is 0.390 e. The zero-order chi connectivity index (χ0) is 15.9. The lowest BCUT2D eigenvalue weighted by molar-refractivity contribution is -0.187. The number of rotatable bonds is 4. The predicted molar refractivity (Wildman–Crippen MR) is 76.8 cm³/mol. The summed E-state index contributed by atoms with van der Waals surface area (Å²) in [5.41, 5.74) is 0.302. The molecule has 114 valence electrons. The Labute approximate surface area is 127 Å². The monoisotopic (exact) mass is 302 g/mol. The maximum atomic E-state index is 11.9.